The lowest BCUT2D eigenvalue weighted by Gasteiger charge is -2.04. The van der Waals surface area contributed by atoms with Crippen LogP contribution in [0.5, 0.6) is 0 Å². The van der Waals surface area contributed by atoms with Crippen molar-refractivity contribution in [3.63, 3.8) is 0 Å². The van der Waals surface area contributed by atoms with Crippen molar-refractivity contribution in [2.45, 2.75) is 0 Å². The van der Waals surface area contributed by atoms with Gasteiger partial charge in [0, 0.05) is 21.1 Å². The topological polar surface area (TPSA) is 24.9 Å². The first-order valence-corrected chi connectivity index (χ1v) is 8.59. The van der Waals surface area contributed by atoms with Crippen LogP contribution in [0.3, 0.4) is 0 Å². The van der Waals surface area contributed by atoms with Gasteiger partial charge in [-0.15, -0.1) is 11.3 Å². The van der Waals surface area contributed by atoms with Crippen LogP contribution in [0, 0.1) is 5.82 Å². The van der Waals surface area contributed by atoms with Gasteiger partial charge in [-0.3, -0.25) is 0 Å². The van der Waals surface area contributed by atoms with Gasteiger partial charge in [-0.2, -0.15) is 0 Å². The molecule has 0 aliphatic rings. The number of nitrogens with zero attached hydrogens (tertiary/aromatic N) is 1. The Labute approximate surface area is 149 Å². The van der Waals surface area contributed by atoms with Crippen molar-refractivity contribution < 1.29 is 4.39 Å². The largest absolute Gasteiger partial charge is 0.332 e. The zero-order chi connectivity index (χ0) is 15.7. The molecule has 2 aromatic carbocycles. The van der Waals surface area contributed by atoms with Crippen LogP contribution < -0.4 is 5.32 Å². The van der Waals surface area contributed by atoms with E-state index in [4.69, 9.17) is 23.2 Å². The number of halogens is 4. The number of nitrogens with one attached hydrogen (secondary N) is 1. The van der Waals surface area contributed by atoms with Crippen LogP contribution >= 0.6 is 50.5 Å². The first-order valence-electron chi connectivity index (χ1n) is 6.16. The van der Waals surface area contributed by atoms with Gasteiger partial charge in [0.05, 0.1) is 15.7 Å². The summed E-state index contributed by atoms with van der Waals surface area (Å²) in [6.07, 6.45) is 0. The van der Waals surface area contributed by atoms with Crippen LogP contribution in [0.2, 0.25) is 10.0 Å². The van der Waals surface area contributed by atoms with Crippen LogP contribution in [0.4, 0.5) is 15.2 Å². The Morgan fingerprint density at radius 1 is 1.09 bits per heavy atom. The Kier molecular flexibility index (Phi) is 4.68. The van der Waals surface area contributed by atoms with E-state index in [1.165, 1.54) is 23.5 Å². The molecule has 0 unspecified atom stereocenters. The van der Waals surface area contributed by atoms with E-state index in [2.05, 4.69) is 26.2 Å². The fourth-order valence-corrected chi connectivity index (χ4v) is 3.31. The number of hydrogen-bond acceptors (Lipinski definition) is 3. The van der Waals surface area contributed by atoms with Crippen molar-refractivity contribution in [1.29, 1.82) is 0 Å². The summed E-state index contributed by atoms with van der Waals surface area (Å²) in [6, 6.07) is 10.4. The summed E-state index contributed by atoms with van der Waals surface area (Å²) in [6.45, 7) is 0. The van der Waals surface area contributed by atoms with Crippen molar-refractivity contribution in [3.05, 3.63) is 62.1 Å². The lowest BCUT2D eigenvalue weighted by atomic mass is 10.2. The highest BCUT2D eigenvalue weighted by atomic mass is 79.9. The fourth-order valence-electron chi connectivity index (χ4n) is 1.83. The third-order valence-electron chi connectivity index (χ3n) is 2.89. The summed E-state index contributed by atoms with van der Waals surface area (Å²) in [4.78, 5) is 4.43. The second-order valence-corrected chi connectivity index (χ2v) is 7.00. The number of thiazole rings is 1. The Balaban J connectivity index is 1.87. The normalized spacial score (nSPS) is 10.7. The second-order valence-electron chi connectivity index (χ2n) is 4.42. The van der Waals surface area contributed by atoms with E-state index in [1.54, 1.807) is 0 Å². The minimum Gasteiger partial charge on any atom is -0.332 e. The van der Waals surface area contributed by atoms with E-state index < -0.39 is 5.82 Å². The summed E-state index contributed by atoms with van der Waals surface area (Å²) < 4.78 is 14.6. The smallest absolute Gasteiger partial charge is 0.187 e. The van der Waals surface area contributed by atoms with Gasteiger partial charge in [-0.1, -0.05) is 39.1 Å². The van der Waals surface area contributed by atoms with Gasteiger partial charge >= 0.3 is 0 Å². The molecule has 0 amide bonds. The Hall–Kier alpha value is -1.14. The molecule has 1 heterocycles. The molecule has 1 aromatic heterocycles. The maximum atomic E-state index is 13.6. The Morgan fingerprint density at radius 2 is 1.82 bits per heavy atom. The van der Waals surface area contributed by atoms with Crippen molar-refractivity contribution in [1.82, 2.24) is 4.98 Å². The summed E-state index contributed by atoms with van der Waals surface area (Å²) in [5, 5.41) is 6.07. The molecule has 7 heteroatoms. The SMILES string of the molecule is Fc1cc(-c2csc(Nc3ccc(Br)cc3)n2)c(Cl)cc1Cl. The minimum absolute atomic E-state index is 0.00260. The molecule has 0 spiro atoms. The predicted molar refractivity (Wildman–Crippen MR) is 95.0 cm³/mol. The number of anilines is 2. The number of aromatic nitrogens is 1. The molecule has 0 atom stereocenters. The van der Waals surface area contributed by atoms with E-state index in [1.807, 2.05) is 29.6 Å². The van der Waals surface area contributed by atoms with Gasteiger partial charge in [0.25, 0.3) is 0 Å². The van der Waals surface area contributed by atoms with Gasteiger partial charge in [0.15, 0.2) is 5.13 Å². The highest BCUT2D eigenvalue weighted by Crippen LogP contribution is 2.34. The van der Waals surface area contributed by atoms with Crippen LogP contribution in [-0.4, -0.2) is 4.98 Å². The summed E-state index contributed by atoms with van der Waals surface area (Å²) in [5.41, 5.74) is 2.03. The second kappa shape index (κ2) is 6.54. The monoisotopic (exact) mass is 416 g/mol. The van der Waals surface area contributed by atoms with Crippen LogP contribution in [-0.2, 0) is 0 Å². The van der Waals surface area contributed by atoms with Gasteiger partial charge < -0.3 is 5.32 Å². The molecule has 0 bridgehead atoms. The molecule has 0 aliphatic heterocycles. The average Bonchev–Trinajstić information content (AvgIpc) is 2.93. The summed E-state index contributed by atoms with van der Waals surface area (Å²) in [5.74, 6) is -0.517. The van der Waals surface area contributed by atoms with Gasteiger partial charge in [-0.05, 0) is 36.4 Å². The molecule has 3 rings (SSSR count). The van der Waals surface area contributed by atoms with Crippen molar-refractivity contribution in [2.75, 3.05) is 5.32 Å². The zero-order valence-corrected chi connectivity index (χ0v) is 14.8. The van der Waals surface area contributed by atoms with Crippen LogP contribution in [0.25, 0.3) is 11.3 Å². The molecule has 0 radical (unpaired) electrons. The van der Waals surface area contributed by atoms with E-state index in [9.17, 15) is 4.39 Å². The third-order valence-corrected chi connectivity index (χ3v) is 4.77. The van der Waals surface area contributed by atoms with Gasteiger partial charge in [-0.25, -0.2) is 9.37 Å². The molecule has 0 saturated heterocycles. The molecular formula is C15H8BrCl2FN2S. The zero-order valence-electron chi connectivity index (χ0n) is 10.9. The van der Waals surface area contributed by atoms with E-state index in [0.717, 1.165) is 10.2 Å². The van der Waals surface area contributed by atoms with Gasteiger partial charge in [0.2, 0.25) is 0 Å². The number of rotatable bonds is 3. The third kappa shape index (κ3) is 3.43. The number of benzene rings is 2. The quantitative estimate of drug-likeness (QED) is 0.476. The van der Waals surface area contributed by atoms with Crippen LogP contribution in [0.1, 0.15) is 0 Å². The lowest BCUT2D eigenvalue weighted by Crippen LogP contribution is -1.90. The van der Waals surface area contributed by atoms with Gasteiger partial charge in [0.1, 0.15) is 5.82 Å². The van der Waals surface area contributed by atoms with E-state index in [-0.39, 0.29) is 5.02 Å². The maximum absolute atomic E-state index is 13.6. The summed E-state index contributed by atoms with van der Waals surface area (Å²) in [7, 11) is 0. The molecule has 3 aromatic rings. The lowest BCUT2D eigenvalue weighted by molar-refractivity contribution is 0.629. The van der Waals surface area contributed by atoms with Crippen molar-refractivity contribution in [3.8, 4) is 11.3 Å². The van der Waals surface area contributed by atoms with Crippen LogP contribution in [0.15, 0.2) is 46.3 Å². The minimum atomic E-state index is -0.517. The number of hydrogen-bond donors (Lipinski definition) is 1. The fraction of sp³-hybridized carbons (Fsp3) is 0. The average molecular weight is 418 g/mol. The molecule has 0 saturated carbocycles. The van der Waals surface area contributed by atoms with E-state index in [0.29, 0.717) is 21.4 Å². The molecule has 2 nitrogen and oxygen atoms in total. The standard InChI is InChI=1S/C15H8BrCl2FN2S/c16-8-1-3-9(4-2-8)20-15-21-14(7-22-15)10-5-13(19)12(18)6-11(10)17/h1-7H,(H,20,21). The summed E-state index contributed by atoms with van der Waals surface area (Å²) >= 11 is 16.6. The molecular weight excluding hydrogens is 410 g/mol. The maximum Gasteiger partial charge on any atom is 0.187 e. The van der Waals surface area contributed by atoms with E-state index >= 15 is 0 Å². The molecule has 0 fully saturated rings. The first-order chi connectivity index (χ1) is 10.5. The van der Waals surface area contributed by atoms with Crippen molar-refractivity contribution in [2.24, 2.45) is 0 Å². The predicted octanol–water partition coefficient (Wildman–Crippen LogP) is 6.76. The molecule has 22 heavy (non-hydrogen) atoms. The Bertz CT molecular complexity index is 821. The molecule has 1 N–H and O–H groups in total. The first kappa shape index (κ1) is 15.7. The highest BCUT2D eigenvalue weighted by molar-refractivity contribution is 9.10. The Morgan fingerprint density at radius 3 is 2.55 bits per heavy atom. The highest BCUT2D eigenvalue weighted by Gasteiger charge is 2.12. The van der Waals surface area contributed by atoms with Crippen molar-refractivity contribution >= 4 is 61.3 Å². The molecule has 112 valence electrons. The molecule has 0 aliphatic carbocycles.